The average molecular weight is 537 g/mol. The van der Waals surface area contributed by atoms with Gasteiger partial charge in [-0.2, -0.15) is 0 Å². The Labute approximate surface area is 228 Å². The lowest BCUT2D eigenvalue weighted by atomic mass is 9.86. The van der Waals surface area contributed by atoms with Gasteiger partial charge in [0, 0.05) is 23.4 Å². The molecule has 1 aliphatic heterocycles. The van der Waals surface area contributed by atoms with Crippen molar-refractivity contribution in [3.63, 3.8) is 0 Å². The van der Waals surface area contributed by atoms with Crippen molar-refractivity contribution in [1.29, 1.82) is 0 Å². The molecule has 0 aliphatic carbocycles. The number of fused-ring (bicyclic) bond motifs is 1. The number of carbonyl (C=O) groups is 2. The molecular weight excluding hydrogens is 504 g/mol. The highest BCUT2D eigenvalue weighted by Gasteiger charge is 2.36. The number of esters is 1. The fraction of sp³-hybridized carbons (Fsp3) is 0.333. The third kappa shape index (κ3) is 5.89. The molecule has 0 aromatic heterocycles. The molecule has 0 radical (unpaired) electrons. The minimum atomic E-state index is -0.396. The summed E-state index contributed by atoms with van der Waals surface area (Å²) in [5, 5.41) is 0.621. The van der Waals surface area contributed by atoms with Gasteiger partial charge in [0.2, 0.25) is 5.91 Å². The van der Waals surface area contributed by atoms with E-state index in [0.29, 0.717) is 23.1 Å². The average Bonchev–Trinajstić information content (AvgIpc) is 2.88. The van der Waals surface area contributed by atoms with Crippen molar-refractivity contribution >= 4 is 34.9 Å². The molecular formula is C30H33ClN2O5. The monoisotopic (exact) mass is 536 g/mol. The molecule has 1 heterocycles. The molecule has 1 amide bonds. The third-order valence-electron chi connectivity index (χ3n) is 6.38. The third-order valence-corrected chi connectivity index (χ3v) is 6.63. The second-order valence-electron chi connectivity index (χ2n) is 9.44. The molecule has 38 heavy (non-hydrogen) atoms. The topological polar surface area (TPSA) is 68.3 Å². The Kier molecular flexibility index (Phi) is 8.47. The Morgan fingerprint density at radius 3 is 2.37 bits per heavy atom. The molecule has 4 rings (SSSR count). The summed E-state index contributed by atoms with van der Waals surface area (Å²) >= 11 is 6.20. The number of likely N-dealkylation sites (N-methyl/N-ethyl adjacent to an activating group) is 1. The smallest absolute Gasteiger partial charge is 0.325 e. The second-order valence-corrected chi connectivity index (χ2v) is 9.88. The van der Waals surface area contributed by atoms with Gasteiger partial charge in [0.05, 0.1) is 32.3 Å². The van der Waals surface area contributed by atoms with Crippen molar-refractivity contribution in [2.75, 3.05) is 37.1 Å². The van der Waals surface area contributed by atoms with E-state index >= 15 is 0 Å². The number of methoxy groups -OCH3 is 1. The normalized spacial score (nSPS) is 14.8. The van der Waals surface area contributed by atoms with E-state index in [-0.39, 0.29) is 30.9 Å². The zero-order valence-corrected chi connectivity index (χ0v) is 23.1. The summed E-state index contributed by atoms with van der Waals surface area (Å²) in [4.78, 5) is 29.2. The molecule has 1 aliphatic rings. The predicted molar refractivity (Wildman–Crippen MR) is 150 cm³/mol. The van der Waals surface area contributed by atoms with Crippen molar-refractivity contribution in [3.8, 4) is 11.5 Å². The second kappa shape index (κ2) is 11.8. The predicted octanol–water partition coefficient (Wildman–Crippen LogP) is 5.81. The van der Waals surface area contributed by atoms with Crippen LogP contribution < -0.4 is 19.3 Å². The fourth-order valence-electron chi connectivity index (χ4n) is 4.69. The Morgan fingerprint density at radius 2 is 1.76 bits per heavy atom. The number of ether oxygens (including phenoxy) is 3. The van der Waals surface area contributed by atoms with Crippen LogP contribution in [0.5, 0.6) is 11.5 Å². The summed E-state index contributed by atoms with van der Waals surface area (Å²) < 4.78 is 16.7. The molecule has 1 atom stereocenters. The van der Waals surface area contributed by atoms with Gasteiger partial charge in [-0.1, -0.05) is 23.7 Å². The molecule has 7 nitrogen and oxygen atoms in total. The van der Waals surface area contributed by atoms with Gasteiger partial charge in [0.15, 0.2) is 11.5 Å². The first-order valence-corrected chi connectivity index (χ1v) is 13.0. The van der Waals surface area contributed by atoms with Crippen LogP contribution in [0.1, 0.15) is 43.5 Å². The minimum absolute atomic E-state index is 0.0374. The van der Waals surface area contributed by atoms with Gasteiger partial charge < -0.3 is 24.0 Å². The first-order chi connectivity index (χ1) is 18.2. The molecule has 0 saturated carbocycles. The van der Waals surface area contributed by atoms with E-state index in [1.54, 1.807) is 14.0 Å². The van der Waals surface area contributed by atoms with E-state index in [0.717, 1.165) is 28.1 Å². The maximum absolute atomic E-state index is 13.7. The summed E-state index contributed by atoms with van der Waals surface area (Å²) in [7, 11) is 3.43. The molecule has 0 fully saturated rings. The SMILES string of the molecule is CCOC(=O)CN(C)c1ccc(N2C(=O)Cc3cc(OC)c(OC(C)C)cc3[C@@H]2c2ccc(Cl)cc2)cc1. The minimum Gasteiger partial charge on any atom is -0.493 e. The van der Waals surface area contributed by atoms with Crippen molar-refractivity contribution in [1.82, 2.24) is 0 Å². The van der Waals surface area contributed by atoms with Gasteiger partial charge in [-0.25, -0.2) is 0 Å². The lowest BCUT2D eigenvalue weighted by Gasteiger charge is -2.38. The Bertz CT molecular complexity index is 1290. The molecule has 0 unspecified atom stereocenters. The highest BCUT2D eigenvalue weighted by atomic mass is 35.5. The number of benzene rings is 3. The van der Waals surface area contributed by atoms with E-state index in [1.165, 1.54) is 0 Å². The van der Waals surface area contributed by atoms with Crippen molar-refractivity contribution < 1.29 is 23.8 Å². The number of anilines is 2. The van der Waals surface area contributed by atoms with E-state index in [9.17, 15) is 9.59 Å². The maximum Gasteiger partial charge on any atom is 0.325 e. The van der Waals surface area contributed by atoms with E-state index in [1.807, 2.05) is 91.4 Å². The van der Waals surface area contributed by atoms with E-state index in [4.69, 9.17) is 25.8 Å². The van der Waals surface area contributed by atoms with Crippen LogP contribution in [0.2, 0.25) is 5.02 Å². The molecule has 0 spiro atoms. The highest BCUT2D eigenvalue weighted by Crippen LogP contribution is 2.44. The van der Waals surface area contributed by atoms with Gasteiger partial charge >= 0.3 is 5.97 Å². The first kappa shape index (κ1) is 27.3. The molecule has 0 saturated heterocycles. The number of hydrogen-bond donors (Lipinski definition) is 0. The maximum atomic E-state index is 13.7. The summed E-state index contributed by atoms with van der Waals surface area (Å²) in [5.41, 5.74) is 4.37. The number of carbonyl (C=O) groups excluding carboxylic acids is 2. The number of hydrogen-bond acceptors (Lipinski definition) is 6. The van der Waals surface area contributed by atoms with Gasteiger partial charge in [-0.3, -0.25) is 9.59 Å². The number of rotatable bonds is 9. The Balaban J connectivity index is 1.77. The molecule has 3 aromatic carbocycles. The van der Waals surface area contributed by atoms with Gasteiger partial charge in [-0.15, -0.1) is 0 Å². The fourth-order valence-corrected chi connectivity index (χ4v) is 4.81. The van der Waals surface area contributed by atoms with E-state index < -0.39 is 6.04 Å². The zero-order chi connectivity index (χ0) is 27.4. The quantitative estimate of drug-likeness (QED) is 0.321. The van der Waals surface area contributed by atoms with Crippen LogP contribution in [0.15, 0.2) is 60.7 Å². The van der Waals surface area contributed by atoms with Crippen LogP contribution in [0.3, 0.4) is 0 Å². The van der Waals surface area contributed by atoms with Crippen molar-refractivity contribution in [2.45, 2.75) is 39.3 Å². The molecule has 200 valence electrons. The van der Waals surface area contributed by atoms with Crippen LogP contribution in [0.4, 0.5) is 11.4 Å². The largest absolute Gasteiger partial charge is 0.493 e. The standard InChI is InChI=1S/C30H33ClN2O5/c1-6-37-29(35)18-32(4)23-11-13-24(14-12-23)33-28(34)16-21-15-26(36-5)27(38-19(2)3)17-25(21)30(33)20-7-9-22(31)10-8-20/h7-15,17,19,30H,6,16,18H2,1-5H3/t30-/m0/s1. The van der Waals surface area contributed by atoms with Crippen LogP contribution in [-0.2, 0) is 20.7 Å². The van der Waals surface area contributed by atoms with Crippen LogP contribution in [0.25, 0.3) is 0 Å². The lowest BCUT2D eigenvalue weighted by Crippen LogP contribution is -2.41. The molecule has 8 heteroatoms. The van der Waals surface area contributed by atoms with Crippen LogP contribution in [0, 0.1) is 0 Å². The van der Waals surface area contributed by atoms with Crippen LogP contribution >= 0.6 is 11.6 Å². The van der Waals surface area contributed by atoms with Crippen molar-refractivity contribution in [2.24, 2.45) is 0 Å². The number of halogens is 1. The summed E-state index contributed by atoms with van der Waals surface area (Å²) in [6.07, 6.45) is 0.179. The molecule has 0 bridgehead atoms. The first-order valence-electron chi connectivity index (χ1n) is 12.6. The highest BCUT2D eigenvalue weighted by molar-refractivity contribution is 6.30. The number of nitrogens with zero attached hydrogens (tertiary/aromatic N) is 2. The zero-order valence-electron chi connectivity index (χ0n) is 22.4. The van der Waals surface area contributed by atoms with Gasteiger partial charge in [-0.05, 0) is 86.0 Å². The van der Waals surface area contributed by atoms with E-state index in [2.05, 4.69) is 0 Å². The van der Waals surface area contributed by atoms with Gasteiger partial charge in [0.1, 0.15) is 6.54 Å². The molecule has 3 aromatic rings. The summed E-state index contributed by atoms with van der Waals surface area (Å²) in [6.45, 7) is 6.19. The molecule has 0 N–H and O–H groups in total. The number of amides is 1. The van der Waals surface area contributed by atoms with Crippen LogP contribution in [-0.4, -0.2) is 45.3 Å². The Morgan fingerprint density at radius 1 is 1.08 bits per heavy atom. The van der Waals surface area contributed by atoms with Crippen molar-refractivity contribution in [3.05, 3.63) is 82.4 Å². The Hall–Kier alpha value is -3.71. The summed E-state index contributed by atoms with van der Waals surface area (Å²) in [5.74, 6) is 0.900. The lowest BCUT2D eigenvalue weighted by molar-refractivity contribution is -0.141. The van der Waals surface area contributed by atoms with Gasteiger partial charge in [0.25, 0.3) is 0 Å². The summed E-state index contributed by atoms with van der Waals surface area (Å²) in [6, 6.07) is 18.6.